The zero-order valence-corrected chi connectivity index (χ0v) is 17.1. The summed E-state index contributed by atoms with van der Waals surface area (Å²) in [6, 6.07) is 7.65. The third-order valence-corrected chi connectivity index (χ3v) is 6.13. The molecule has 2 aromatic carbocycles. The number of carbonyl (C=O) groups is 2. The van der Waals surface area contributed by atoms with Gasteiger partial charge in [0.2, 0.25) is 5.91 Å². The van der Waals surface area contributed by atoms with E-state index in [1.807, 2.05) is 0 Å². The van der Waals surface area contributed by atoms with Crippen molar-refractivity contribution in [3.8, 4) is 0 Å². The maximum absolute atomic E-state index is 14.4. The van der Waals surface area contributed by atoms with Gasteiger partial charge in [-0.3, -0.25) is 14.5 Å². The summed E-state index contributed by atoms with van der Waals surface area (Å²) in [5, 5.41) is 0.177. The summed E-state index contributed by atoms with van der Waals surface area (Å²) < 4.78 is 52.9. The second-order valence-corrected chi connectivity index (χ2v) is 8.31. The summed E-state index contributed by atoms with van der Waals surface area (Å²) in [5.74, 6) is -1.54. The van der Waals surface area contributed by atoms with Crippen LogP contribution in [0.25, 0.3) is 0 Å². The van der Waals surface area contributed by atoms with Gasteiger partial charge < -0.3 is 4.90 Å². The van der Waals surface area contributed by atoms with E-state index < -0.39 is 29.5 Å². The van der Waals surface area contributed by atoms with Crippen LogP contribution in [-0.2, 0) is 22.3 Å². The van der Waals surface area contributed by atoms with E-state index in [1.54, 1.807) is 0 Å². The molecular formula is C22H19ClF4N2O2. The number of hydrogen-bond acceptors (Lipinski definition) is 2. The lowest BCUT2D eigenvalue weighted by molar-refractivity contribution is -0.147. The number of rotatable bonds is 4. The molecule has 1 atom stereocenters. The van der Waals surface area contributed by atoms with E-state index >= 15 is 0 Å². The number of anilines is 1. The molecule has 9 heteroatoms. The maximum atomic E-state index is 14.4. The Hall–Kier alpha value is -2.61. The molecule has 0 bridgehead atoms. The highest BCUT2D eigenvalue weighted by atomic mass is 35.5. The number of amides is 2. The van der Waals surface area contributed by atoms with Crippen molar-refractivity contribution in [1.29, 1.82) is 0 Å². The summed E-state index contributed by atoms with van der Waals surface area (Å²) in [6.45, 7) is -0.331. The first-order valence-corrected chi connectivity index (χ1v) is 10.2. The molecule has 0 radical (unpaired) electrons. The first-order chi connectivity index (χ1) is 14.6. The van der Waals surface area contributed by atoms with Crippen LogP contribution >= 0.6 is 11.6 Å². The summed E-state index contributed by atoms with van der Waals surface area (Å²) >= 11 is 5.80. The van der Waals surface area contributed by atoms with Crippen LogP contribution in [0, 0.1) is 11.7 Å². The Morgan fingerprint density at radius 1 is 1.03 bits per heavy atom. The molecule has 0 aromatic heterocycles. The molecule has 4 nitrogen and oxygen atoms in total. The topological polar surface area (TPSA) is 40.6 Å². The van der Waals surface area contributed by atoms with Gasteiger partial charge in [-0.1, -0.05) is 30.2 Å². The number of halogens is 5. The molecule has 1 saturated carbocycles. The van der Waals surface area contributed by atoms with Gasteiger partial charge in [0.25, 0.3) is 5.91 Å². The molecule has 2 aromatic rings. The number of hydrogen-bond donors (Lipinski definition) is 0. The quantitative estimate of drug-likeness (QED) is 0.607. The average molecular weight is 455 g/mol. The number of benzene rings is 2. The fourth-order valence-corrected chi connectivity index (χ4v) is 4.21. The average Bonchev–Trinajstić information content (AvgIpc) is 2.66. The molecule has 0 N–H and O–H groups in total. The minimum Gasteiger partial charge on any atom is -0.324 e. The summed E-state index contributed by atoms with van der Waals surface area (Å²) in [6.07, 6.45) is -2.02. The smallest absolute Gasteiger partial charge is 0.324 e. The van der Waals surface area contributed by atoms with Gasteiger partial charge in [0.1, 0.15) is 18.4 Å². The Kier molecular flexibility index (Phi) is 5.68. The zero-order valence-electron chi connectivity index (χ0n) is 16.3. The molecule has 1 saturated heterocycles. The molecule has 164 valence electrons. The van der Waals surface area contributed by atoms with Crippen LogP contribution in [0.5, 0.6) is 0 Å². The largest absolute Gasteiger partial charge is 0.416 e. The van der Waals surface area contributed by atoms with Crippen molar-refractivity contribution in [3.63, 3.8) is 0 Å². The van der Waals surface area contributed by atoms with Crippen LogP contribution in [0.2, 0.25) is 5.02 Å². The van der Waals surface area contributed by atoms with Gasteiger partial charge >= 0.3 is 6.18 Å². The van der Waals surface area contributed by atoms with E-state index in [-0.39, 0.29) is 35.6 Å². The van der Waals surface area contributed by atoms with Crippen LogP contribution in [0.4, 0.5) is 23.2 Å². The van der Waals surface area contributed by atoms with Crippen molar-refractivity contribution in [2.45, 2.75) is 38.0 Å². The molecule has 1 unspecified atom stereocenters. The molecule has 0 spiro atoms. The molecule has 2 fully saturated rings. The number of alkyl halides is 3. The third kappa shape index (κ3) is 4.26. The van der Waals surface area contributed by atoms with Gasteiger partial charge in [0.05, 0.1) is 11.3 Å². The van der Waals surface area contributed by atoms with Crippen LogP contribution < -0.4 is 4.90 Å². The molecule has 2 aliphatic rings. The number of piperazine rings is 1. The van der Waals surface area contributed by atoms with E-state index in [9.17, 15) is 27.2 Å². The standard InChI is InChI=1S/C22H19ClF4N2O2/c23-16-8-9-18(17(24)10-16)28-12-19(30)29(20(21(28)31)14-2-1-3-14)11-13-4-6-15(7-5-13)22(25,26)27/h4-10,14,20H,1-3,11-12H2. The molecule has 4 rings (SSSR count). The molecule has 31 heavy (non-hydrogen) atoms. The Morgan fingerprint density at radius 2 is 1.71 bits per heavy atom. The van der Waals surface area contributed by atoms with Crippen molar-refractivity contribution < 1.29 is 27.2 Å². The van der Waals surface area contributed by atoms with E-state index in [4.69, 9.17) is 11.6 Å². The lowest BCUT2D eigenvalue weighted by Crippen LogP contribution is -2.63. The molecule has 2 amide bonds. The Bertz CT molecular complexity index is 1010. The minimum absolute atomic E-state index is 0.0127. The van der Waals surface area contributed by atoms with Crippen LogP contribution in [-0.4, -0.2) is 29.3 Å². The highest BCUT2D eigenvalue weighted by Crippen LogP contribution is 2.37. The van der Waals surface area contributed by atoms with Crippen LogP contribution in [0.15, 0.2) is 42.5 Å². The zero-order chi connectivity index (χ0) is 22.3. The van der Waals surface area contributed by atoms with Crippen molar-refractivity contribution in [2.24, 2.45) is 5.92 Å². The van der Waals surface area contributed by atoms with Gasteiger partial charge in [-0.25, -0.2) is 4.39 Å². The second-order valence-electron chi connectivity index (χ2n) is 7.87. The molecular weight excluding hydrogens is 436 g/mol. The van der Waals surface area contributed by atoms with Crippen molar-refractivity contribution >= 4 is 29.1 Å². The third-order valence-electron chi connectivity index (χ3n) is 5.90. The van der Waals surface area contributed by atoms with Gasteiger partial charge in [-0.05, 0) is 54.7 Å². The normalized spacial score (nSPS) is 20.2. The van der Waals surface area contributed by atoms with Gasteiger partial charge in [-0.15, -0.1) is 0 Å². The van der Waals surface area contributed by atoms with Gasteiger partial charge in [0, 0.05) is 11.6 Å². The monoisotopic (exact) mass is 454 g/mol. The van der Waals surface area contributed by atoms with Crippen molar-refractivity contribution in [3.05, 3.63) is 64.4 Å². The van der Waals surface area contributed by atoms with E-state index in [0.29, 0.717) is 5.56 Å². The van der Waals surface area contributed by atoms with Crippen LogP contribution in [0.3, 0.4) is 0 Å². The Morgan fingerprint density at radius 3 is 2.26 bits per heavy atom. The Balaban J connectivity index is 1.61. The predicted molar refractivity (Wildman–Crippen MR) is 107 cm³/mol. The van der Waals surface area contributed by atoms with E-state index in [0.717, 1.165) is 42.4 Å². The van der Waals surface area contributed by atoms with Crippen molar-refractivity contribution in [1.82, 2.24) is 4.90 Å². The SMILES string of the molecule is O=C1C(C2CCC2)N(Cc2ccc(C(F)(F)F)cc2)C(=O)CN1c1ccc(Cl)cc1F. The summed E-state index contributed by atoms with van der Waals surface area (Å²) in [5.41, 5.74) is -0.303. The first kappa shape index (κ1) is 21.6. The van der Waals surface area contributed by atoms with Crippen LogP contribution in [0.1, 0.15) is 30.4 Å². The molecule has 1 heterocycles. The molecule has 1 aliphatic heterocycles. The van der Waals surface area contributed by atoms with Gasteiger partial charge in [-0.2, -0.15) is 13.2 Å². The second kappa shape index (κ2) is 8.15. The number of nitrogens with zero attached hydrogens (tertiary/aromatic N) is 2. The fraction of sp³-hybridized carbons (Fsp3) is 0.364. The maximum Gasteiger partial charge on any atom is 0.416 e. The van der Waals surface area contributed by atoms with E-state index in [1.165, 1.54) is 29.2 Å². The lowest BCUT2D eigenvalue weighted by atomic mass is 9.77. The first-order valence-electron chi connectivity index (χ1n) is 9.87. The van der Waals surface area contributed by atoms with Gasteiger partial charge in [0.15, 0.2) is 0 Å². The molecule has 1 aliphatic carbocycles. The van der Waals surface area contributed by atoms with E-state index in [2.05, 4.69) is 0 Å². The summed E-state index contributed by atoms with van der Waals surface area (Å²) in [7, 11) is 0. The lowest BCUT2D eigenvalue weighted by Gasteiger charge is -2.46. The highest BCUT2D eigenvalue weighted by molar-refractivity contribution is 6.30. The number of carbonyl (C=O) groups excluding carboxylic acids is 2. The minimum atomic E-state index is -4.45. The highest BCUT2D eigenvalue weighted by Gasteiger charge is 2.46. The summed E-state index contributed by atoms with van der Waals surface area (Å²) in [4.78, 5) is 28.9. The Labute approximate surface area is 181 Å². The fourth-order valence-electron chi connectivity index (χ4n) is 4.05. The van der Waals surface area contributed by atoms with Crippen molar-refractivity contribution in [2.75, 3.05) is 11.4 Å². The predicted octanol–water partition coefficient (Wildman–Crippen LogP) is 5.04.